The van der Waals surface area contributed by atoms with Crippen LogP contribution in [0, 0.1) is 6.92 Å². The van der Waals surface area contributed by atoms with Gasteiger partial charge in [0.15, 0.2) is 18.9 Å². The van der Waals surface area contributed by atoms with Crippen molar-refractivity contribution in [3.05, 3.63) is 59.9 Å². The smallest absolute Gasteiger partial charge is 0.338 e. The van der Waals surface area contributed by atoms with Gasteiger partial charge in [-0.25, -0.2) is 9.36 Å². The lowest BCUT2D eigenvalue weighted by Gasteiger charge is -2.06. The maximum absolute atomic E-state index is 12.0. The Bertz CT molecular complexity index is 664. The molecule has 1 amide bonds. The SMILES string of the molecule is CCOC(=O)c1ccc(NC(=O)CC[n+]2ccc(C)cc2)cc1. The van der Waals surface area contributed by atoms with E-state index < -0.39 is 0 Å². The molecule has 5 heteroatoms. The van der Waals surface area contributed by atoms with Crippen LogP contribution in [0.25, 0.3) is 0 Å². The molecule has 1 heterocycles. The first-order valence-corrected chi connectivity index (χ1v) is 7.61. The normalized spacial score (nSPS) is 10.2. The highest BCUT2D eigenvalue weighted by molar-refractivity contribution is 5.92. The van der Waals surface area contributed by atoms with Gasteiger partial charge < -0.3 is 10.1 Å². The molecule has 0 unspecified atom stereocenters. The molecular formula is C18H21N2O3+. The van der Waals surface area contributed by atoms with Crippen LogP contribution in [0.3, 0.4) is 0 Å². The van der Waals surface area contributed by atoms with Gasteiger partial charge in [0.2, 0.25) is 5.91 Å². The van der Waals surface area contributed by atoms with E-state index in [1.807, 2.05) is 36.0 Å². The number of hydrogen-bond donors (Lipinski definition) is 1. The molecule has 0 saturated heterocycles. The van der Waals surface area contributed by atoms with Crippen molar-refractivity contribution in [1.82, 2.24) is 0 Å². The number of carbonyl (C=O) groups is 2. The van der Waals surface area contributed by atoms with Crippen LogP contribution in [0.15, 0.2) is 48.8 Å². The van der Waals surface area contributed by atoms with E-state index >= 15 is 0 Å². The maximum Gasteiger partial charge on any atom is 0.338 e. The third-order valence-electron chi connectivity index (χ3n) is 3.33. The van der Waals surface area contributed by atoms with Gasteiger partial charge in [-0.05, 0) is 43.7 Å². The van der Waals surface area contributed by atoms with Crippen LogP contribution in [0.4, 0.5) is 5.69 Å². The first kappa shape index (κ1) is 16.7. The minimum Gasteiger partial charge on any atom is -0.462 e. The summed E-state index contributed by atoms with van der Waals surface area (Å²) in [6.45, 7) is 4.75. The van der Waals surface area contributed by atoms with Gasteiger partial charge in [0.1, 0.15) is 0 Å². The summed E-state index contributed by atoms with van der Waals surface area (Å²) >= 11 is 0. The molecular weight excluding hydrogens is 292 g/mol. The number of hydrogen-bond acceptors (Lipinski definition) is 3. The number of carbonyl (C=O) groups excluding carboxylic acids is 2. The van der Waals surface area contributed by atoms with E-state index in [9.17, 15) is 9.59 Å². The number of amides is 1. The molecule has 0 atom stereocenters. The summed E-state index contributed by atoms with van der Waals surface area (Å²) in [6, 6.07) is 10.7. The van der Waals surface area contributed by atoms with Crippen LogP contribution >= 0.6 is 0 Å². The van der Waals surface area contributed by atoms with Crippen LogP contribution in [0.1, 0.15) is 29.3 Å². The second-order valence-corrected chi connectivity index (χ2v) is 5.21. The Kier molecular flexibility index (Phi) is 5.86. The topological polar surface area (TPSA) is 59.3 Å². The molecule has 0 aliphatic carbocycles. The van der Waals surface area contributed by atoms with Crippen molar-refractivity contribution >= 4 is 17.6 Å². The van der Waals surface area contributed by atoms with Crippen LogP contribution in [0.5, 0.6) is 0 Å². The predicted octanol–water partition coefficient (Wildman–Crippen LogP) is 2.49. The van der Waals surface area contributed by atoms with Gasteiger partial charge in [0.05, 0.1) is 18.6 Å². The van der Waals surface area contributed by atoms with Crippen molar-refractivity contribution in [3.63, 3.8) is 0 Å². The van der Waals surface area contributed by atoms with Crippen LogP contribution in [-0.4, -0.2) is 18.5 Å². The number of anilines is 1. The number of esters is 1. The zero-order chi connectivity index (χ0) is 16.7. The van der Waals surface area contributed by atoms with Crippen molar-refractivity contribution in [2.45, 2.75) is 26.8 Å². The zero-order valence-electron chi connectivity index (χ0n) is 13.4. The number of nitrogens with one attached hydrogen (secondary N) is 1. The van der Waals surface area contributed by atoms with E-state index in [-0.39, 0.29) is 11.9 Å². The highest BCUT2D eigenvalue weighted by atomic mass is 16.5. The standard InChI is InChI=1S/C18H20N2O3/c1-3-23-18(22)15-4-6-16(7-5-15)19-17(21)10-13-20-11-8-14(2)9-12-20/h4-9,11-12H,3,10,13H2,1-2H3/p+1. The number of rotatable bonds is 6. The minimum absolute atomic E-state index is 0.0676. The summed E-state index contributed by atoms with van der Waals surface area (Å²) in [4.78, 5) is 23.5. The van der Waals surface area contributed by atoms with Gasteiger partial charge in [0.25, 0.3) is 0 Å². The predicted molar refractivity (Wildman–Crippen MR) is 87.0 cm³/mol. The first-order valence-electron chi connectivity index (χ1n) is 7.61. The van der Waals surface area contributed by atoms with Gasteiger partial charge in [-0.3, -0.25) is 4.79 Å². The molecule has 0 radical (unpaired) electrons. The Balaban J connectivity index is 1.85. The van der Waals surface area contributed by atoms with Crippen molar-refractivity contribution in [3.8, 4) is 0 Å². The van der Waals surface area contributed by atoms with Gasteiger partial charge >= 0.3 is 5.97 Å². The third kappa shape index (κ3) is 5.21. The molecule has 0 aliphatic heterocycles. The Morgan fingerprint density at radius 2 is 1.74 bits per heavy atom. The fraction of sp³-hybridized carbons (Fsp3) is 0.278. The lowest BCUT2D eigenvalue weighted by molar-refractivity contribution is -0.695. The molecule has 0 fully saturated rings. The zero-order valence-corrected chi connectivity index (χ0v) is 13.4. The molecule has 120 valence electrons. The average molecular weight is 313 g/mol. The first-order chi connectivity index (χ1) is 11.1. The van der Waals surface area contributed by atoms with Crippen molar-refractivity contribution in [2.75, 3.05) is 11.9 Å². The molecule has 2 rings (SSSR count). The minimum atomic E-state index is -0.360. The third-order valence-corrected chi connectivity index (χ3v) is 3.33. The van der Waals surface area contributed by atoms with Gasteiger partial charge in [-0.1, -0.05) is 0 Å². The summed E-state index contributed by atoms with van der Waals surface area (Å²) in [5.41, 5.74) is 2.32. The summed E-state index contributed by atoms with van der Waals surface area (Å²) in [5, 5.41) is 2.82. The fourth-order valence-electron chi connectivity index (χ4n) is 2.04. The molecule has 0 spiro atoms. The maximum atomic E-state index is 12.0. The van der Waals surface area contributed by atoms with Crippen molar-refractivity contribution in [2.24, 2.45) is 0 Å². The van der Waals surface area contributed by atoms with E-state index in [1.54, 1.807) is 31.2 Å². The number of nitrogens with zero attached hydrogens (tertiary/aromatic N) is 1. The van der Waals surface area contributed by atoms with E-state index in [0.717, 1.165) is 0 Å². The molecule has 1 aromatic carbocycles. The Morgan fingerprint density at radius 1 is 1.09 bits per heavy atom. The van der Waals surface area contributed by atoms with Crippen molar-refractivity contribution < 1.29 is 18.9 Å². The number of benzene rings is 1. The quantitative estimate of drug-likeness (QED) is 0.658. The molecule has 1 N–H and O–H groups in total. The molecule has 5 nitrogen and oxygen atoms in total. The summed E-state index contributed by atoms with van der Waals surface area (Å²) in [7, 11) is 0. The summed E-state index contributed by atoms with van der Waals surface area (Å²) < 4.78 is 6.88. The molecule has 0 saturated carbocycles. The fourth-order valence-corrected chi connectivity index (χ4v) is 2.04. The largest absolute Gasteiger partial charge is 0.462 e. The molecule has 0 aliphatic rings. The van der Waals surface area contributed by atoms with E-state index in [2.05, 4.69) is 5.32 Å². The Labute approximate surface area is 135 Å². The lowest BCUT2D eigenvalue weighted by Crippen LogP contribution is -2.34. The monoisotopic (exact) mass is 313 g/mol. The second-order valence-electron chi connectivity index (χ2n) is 5.21. The van der Waals surface area contributed by atoms with Gasteiger partial charge in [-0.15, -0.1) is 0 Å². The van der Waals surface area contributed by atoms with Crippen LogP contribution in [0.2, 0.25) is 0 Å². The number of aromatic nitrogens is 1. The van der Waals surface area contributed by atoms with E-state index in [4.69, 9.17) is 4.74 Å². The molecule has 23 heavy (non-hydrogen) atoms. The Morgan fingerprint density at radius 3 is 2.35 bits per heavy atom. The van der Waals surface area contributed by atoms with Crippen LogP contribution < -0.4 is 9.88 Å². The molecule has 1 aromatic heterocycles. The second kappa shape index (κ2) is 8.08. The van der Waals surface area contributed by atoms with Crippen LogP contribution in [-0.2, 0) is 16.1 Å². The van der Waals surface area contributed by atoms with Crippen molar-refractivity contribution in [1.29, 1.82) is 0 Å². The summed E-state index contributed by atoms with van der Waals surface area (Å²) in [6.07, 6.45) is 4.29. The average Bonchev–Trinajstić information content (AvgIpc) is 2.55. The number of pyridine rings is 1. The Hall–Kier alpha value is -2.69. The number of aryl methyl sites for hydroxylation is 2. The molecule has 2 aromatic rings. The van der Waals surface area contributed by atoms with Gasteiger partial charge in [-0.2, -0.15) is 0 Å². The van der Waals surface area contributed by atoms with E-state index in [1.165, 1.54) is 5.56 Å². The van der Waals surface area contributed by atoms with E-state index in [0.29, 0.717) is 30.8 Å². The molecule has 0 bridgehead atoms. The highest BCUT2D eigenvalue weighted by Crippen LogP contribution is 2.11. The lowest BCUT2D eigenvalue weighted by atomic mass is 10.2. The van der Waals surface area contributed by atoms with Gasteiger partial charge in [0, 0.05) is 17.8 Å². The highest BCUT2D eigenvalue weighted by Gasteiger charge is 2.09. The summed E-state index contributed by atoms with van der Waals surface area (Å²) in [5.74, 6) is -0.428. The number of ether oxygens (including phenoxy) is 1.